The number of hydrogen-bond donors (Lipinski definition) is 2. The number of carbonyl (C=O) groups is 1. The van der Waals surface area contributed by atoms with Gasteiger partial charge in [-0.05, 0) is 48.8 Å². The molecule has 0 heterocycles. The molecule has 0 radical (unpaired) electrons. The molecule has 0 bridgehead atoms. The minimum Gasteiger partial charge on any atom is -0.481 e. The molecule has 1 aromatic rings. The zero-order valence-electron chi connectivity index (χ0n) is 12.7. The SMILES string of the molecule is CC(C)CC(CNC1CC(c2ccc(F)cc2)C1)C(=O)O. The maximum absolute atomic E-state index is 12.9. The molecule has 21 heavy (non-hydrogen) atoms. The molecule has 1 aliphatic rings. The third kappa shape index (κ3) is 4.53. The highest BCUT2D eigenvalue weighted by molar-refractivity contribution is 5.70. The summed E-state index contributed by atoms with van der Waals surface area (Å²) in [6.45, 7) is 4.63. The predicted octanol–water partition coefficient (Wildman–Crippen LogP) is 3.41. The lowest BCUT2D eigenvalue weighted by atomic mass is 9.75. The van der Waals surface area contributed by atoms with E-state index in [1.54, 1.807) is 0 Å². The Morgan fingerprint density at radius 3 is 2.48 bits per heavy atom. The summed E-state index contributed by atoms with van der Waals surface area (Å²) in [5.74, 6) is -0.371. The highest BCUT2D eigenvalue weighted by atomic mass is 19.1. The molecule has 3 nitrogen and oxygen atoms in total. The molecule has 1 aromatic carbocycles. The van der Waals surface area contributed by atoms with Crippen LogP contribution in [0.5, 0.6) is 0 Å². The van der Waals surface area contributed by atoms with E-state index in [0.717, 1.165) is 12.8 Å². The molecule has 2 N–H and O–H groups in total. The first kappa shape index (κ1) is 16.0. The van der Waals surface area contributed by atoms with Gasteiger partial charge in [-0.3, -0.25) is 4.79 Å². The van der Waals surface area contributed by atoms with Crippen LogP contribution in [0.2, 0.25) is 0 Å². The average molecular weight is 293 g/mol. The minimum absolute atomic E-state index is 0.203. The highest BCUT2D eigenvalue weighted by Crippen LogP contribution is 2.36. The van der Waals surface area contributed by atoms with Gasteiger partial charge in [-0.2, -0.15) is 0 Å². The molecular formula is C17H24FNO2. The quantitative estimate of drug-likeness (QED) is 0.810. The normalized spacial score (nSPS) is 22.9. The minimum atomic E-state index is -0.717. The molecule has 0 saturated heterocycles. The fourth-order valence-electron chi connectivity index (χ4n) is 2.94. The molecule has 116 valence electrons. The Morgan fingerprint density at radius 1 is 1.33 bits per heavy atom. The fourth-order valence-corrected chi connectivity index (χ4v) is 2.94. The molecule has 0 aliphatic heterocycles. The van der Waals surface area contributed by atoms with E-state index in [4.69, 9.17) is 0 Å². The number of carboxylic acids is 1. The lowest BCUT2D eigenvalue weighted by molar-refractivity contribution is -0.142. The second-order valence-corrected chi connectivity index (χ2v) is 6.49. The summed E-state index contributed by atoms with van der Waals surface area (Å²) in [4.78, 5) is 11.2. The van der Waals surface area contributed by atoms with Gasteiger partial charge in [0.05, 0.1) is 5.92 Å². The van der Waals surface area contributed by atoms with Gasteiger partial charge in [-0.1, -0.05) is 26.0 Å². The molecule has 0 amide bonds. The van der Waals surface area contributed by atoms with Crippen LogP contribution in [0.1, 0.15) is 44.6 Å². The number of rotatable bonds is 7. The summed E-state index contributed by atoms with van der Waals surface area (Å²) < 4.78 is 12.9. The molecule has 0 aromatic heterocycles. The molecule has 4 heteroatoms. The lowest BCUT2D eigenvalue weighted by Crippen LogP contribution is -2.43. The number of hydrogen-bond acceptors (Lipinski definition) is 2. The topological polar surface area (TPSA) is 49.3 Å². The van der Waals surface area contributed by atoms with E-state index in [0.29, 0.717) is 30.8 Å². The van der Waals surface area contributed by atoms with Crippen molar-refractivity contribution in [2.45, 2.75) is 45.1 Å². The Kier molecular flexibility index (Phi) is 5.34. The standard InChI is InChI=1S/C17H24FNO2/c1-11(2)7-14(17(20)21)10-19-16-8-13(9-16)12-3-5-15(18)6-4-12/h3-6,11,13-14,16,19H,7-10H2,1-2H3,(H,20,21). The smallest absolute Gasteiger partial charge is 0.307 e. The third-order valence-corrected chi connectivity index (χ3v) is 4.24. The Hall–Kier alpha value is -1.42. The molecule has 1 saturated carbocycles. The Balaban J connectivity index is 1.74. The fraction of sp³-hybridized carbons (Fsp3) is 0.588. The van der Waals surface area contributed by atoms with Crippen molar-refractivity contribution in [2.75, 3.05) is 6.54 Å². The van der Waals surface area contributed by atoms with Crippen molar-refractivity contribution < 1.29 is 14.3 Å². The lowest BCUT2D eigenvalue weighted by Gasteiger charge is -2.37. The molecule has 1 unspecified atom stereocenters. The van der Waals surface area contributed by atoms with Crippen molar-refractivity contribution in [3.63, 3.8) is 0 Å². The molecule has 0 spiro atoms. The van der Waals surface area contributed by atoms with Crippen LogP contribution in [0.25, 0.3) is 0 Å². The van der Waals surface area contributed by atoms with E-state index in [1.165, 1.54) is 17.7 Å². The van der Waals surface area contributed by atoms with Gasteiger partial charge in [-0.15, -0.1) is 0 Å². The highest BCUT2D eigenvalue weighted by Gasteiger charge is 2.31. The first-order valence-corrected chi connectivity index (χ1v) is 7.67. The van der Waals surface area contributed by atoms with E-state index < -0.39 is 5.97 Å². The van der Waals surface area contributed by atoms with Crippen molar-refractivity contribution in [2.24, 2.45) is 11.8 Å². The van der Waals surface area contributed by atoms with Gasteiger partial charge in [0.1, 0.15) is 5.82 Å². The molecule has 1 fully saturated rings. The van der Waals surface area contributed by atoms with Gasteiger partial charge in [0, 0.05) is 12.6 Å². The maximum atomic E-state index is 12.9. The van der Waals surface area contributed by atoms with Crippen molar-refractivity contribution in [1.82, 2.24) is 5.32 Å². The first-order valence-electron chi connectivity index (χ1n) is 7.67. The molecule has 2 rings (SSSR count). The zero-order valence-corrected chi connectivity index (χ0v) is 12.7. The van der Waals surface area contributed by atoms with E-state index in [1.807, 2.05) is 26.0 Å². The van der Waals surface area contributed by atoms with Gasteiger partial charge in [0.15, 0.2) is 0 Å². The van der Waals surface area contributed by atoms with Gasteiger partial charge in [0.2, 0.25) is 0 Å². The monoisotopic (exact) mass is 293 g/mol. The number of nitrogens with one attached hydrogen (secondary N) is 1. The summed E-state index contributed by atoms with van der Waals surface area (Å²) in [5, 5.41) is 12.6. The van der Waals surface area contributed by atoms with Crippen LogP contribution in [-0.4, -0.2) is 23.7 Å². The van der Waals surface area contributed by atoms with Crippen LogP contribution in [0.15, 0.2) is 24.3 Å². The Morgan fingerprint density at radius 2 is 1.95 bits per heavy atom. The third-order valence-electron chi connectivity index (χ3n) is 4.24. The van der Waals surface area contributed by atoms with E-state index in [9.17, 15) is 14.3 Å². The first-order chi connectivity index (χ1) is 9.95. The molecular weight excluding hydrogens is 269 g/mol. The summed E-state index contributed by atoms with van der Waals surface area (Å²) in [6.07, 6.45) is 2.70. The van der Waals surface area contributed by atoms with Gasteiger partial charge in [0.25, 0.3) is 0 Å². The van der Waals surface area contributed by atoms with E-state index >= 15 is 0 Å². The number of aliphatic carboxylic acids is 1. The van der Waals surface area contributed by atoms with E-state index in [-0.39, 0.29) is 11.7 Å². The van der Waals surface area contributed by atoms with Crippen LogP contribution in [0, 0.1) is 17.7 Å². The van der Waals surface area contributed by atoms with Crippen LogP contribution in [0.4, 0.5) is 4.39 Å². The van der Waals surface area contributed by atoms with Crippen LogP contribution in [0.3, 0.4) is 0 Å². The van der Waals surface area contributed by atoms with Crippen LogP contribution >= 0.6 is 0 Å². The van der Waals surface area contributed by atoms with Gasteiger partial charge >= 0.3 is 5.97 Å². The maximum Gasteiger partial charge on any atom is 0.307 e. The van der Waals surface area contributed by atoms with Gasteiger partial charge in [-0.25, -0.2) is 4.39 Å². The number of carboxylic acid groups (broad SMARTS) is 1. The predicted molar refractivity (Wildman–Crippen MR) is 80.7 cm³/mol. The second-order valence-electron chi connectivity index (χ2n) is 6.49. The van der Waals surface area contributed by atoms with Crippen molar-refractivity contribution in [3.05, 3.63) is 35.6 Å². The van der Waals surface area contributed by atoms with Crippen LogP contribution < -0.4 is 5.32 Å². The summed E-state index contributed by atoms with van der Waals surface area (Å²) >= 11 is 0. The number of benzene rings is 1. The number of halogens is 1. The molecule has 1 atom stereocenters. The van der Waals surface area contributed by atoms with Gasteiger partial charge < -0.3 is 10.4 Å². The summed E-state index contributed by atoms with van der Waals surface area (Å²) in [5.41, 5.74) is 1.17. The van der Waals surface area contributed by atoms with Crippen molar-refractivity contribution >= 4 is 5.97 Å². The van der Waals surface area contributed by atoms with Crippen molar-refractivity contribution in [1.29, 1.82) is 0 Å². The summed E-state index contributed by atoms with van der Waals surface area (Å²) in [6, 6.07) is 7.07. The van der Waals surface area contributed by atoms with E-state index in [2.05, 4.69) is 5.32 Å². The average Bonchev–Trinajstić information content (AvgIpc) is 2.36. The van der Waals surface area contributed by atoms with Crippen molar-refractivity contribution in [3.8, 4) is 0 Å². The van der Waals surface area contributed by atoms with Crippen LogP contribution in [-0.2, 0) is 4.79 Å². The second kappa shape index (κ2) is 7.03. The molecule has 1 aliphatic carbocycles. The Bertz CT molecular complexity index is 466. The zero-order chi connectivity index (χ0) is 15.4. The largest absolute Gasteiger partial charge is 0.481 e. The Labute approximate surface area is 125 Å². The summed E-state index contributed by atoms with van der Waals surface area (Å²) in [7, 11) is 0.